The normalized spacial score (nSPS) is 10.4. The average Bonchev–Trinajstić information content (AvgIpc) is 2.36. The summed E-state index contributed by atoms with van der Waals surface area (Å²) >= 11 is 0. The van der Waals surface area contributed by atoms with Gasteiger partial charge >= 0.3 is 11.6 Å². The van der Waals surface area contributed by atoms with Crippen molar-refractivity contribution in [3.8, 4) is 0 Å². The molecule has 0 bridgehead atoms. The second kappa shape index (κ2) is 6.54. The first kappa shape index (κ1) is 16.2. The molecule has 0 amide bonds. The van der Waals surface area contributed by atoms with Gasteiger partial charge in [-0.3, -0.25) is 0 Å². The third-order valence-corrected chi connectivity index (χ3v) is 2.70. The van der Waals surface area contributed by atoms with Crippen LogP contribution in [0.25, 0.3) is 11.0 Å². The van der Waals surface area contributed by atoms with Crippen LogP contribution in [0.1, 0.15) is 15.9 Å². The van der Waals surface area contributed by atoms with Gasteiger partial charge in [-0.25, -0.2) is 9.59 Å². The van der Waals surface area contributed by atoms with E-state index in [4.69, 9.17) is 4.42 Å². The minimum Gasteiger partial charge on any atom is -0.465 e. The Labute approximate surface area is 122 Å². The zero-order chi connectivity index (χ0) is 14.0. The maximum atomic E-state index is 11.6. The smallest absolute Gasteiger partial charge is 0.351 e. The Bertz CT molecular complexity index is 678. The van der Waals surface area contributed by atoms with Crippen LogP contribution in [0, 0.1) is 0 Å². The summed E-state index contributed by atoms with van der Waals surface area (Å²) in [5.74, 6) is -0.686. The zero-order valence-electron chi connectivity index (χ0n) is 11.5. The molecule has 2 aromatic rings. The molecule has 0 fully saturated rings. The van der Waals surface area contributed by atoms with Gasteiger partial charge in [0.1, 0.15) is 11.1 Å². The van der Waals surface area contributed by atoms with E-state index in [1.165, 1.54) is 13.2 Å². The highest BCUT2D eigenvalue weighted by Gasteiger charge is 2.14. The number of methoxy groups -OCH3 is 1. The molecule has 108 valence electrons. The van der Waals surface area contributed by atoms with E-state index in [-0.39, 0.29) is 18.0 Å². The number of halogens is 1. The Kier molecular flexibility index (Phi) is 5.30. The second-order valence-corrected chi connectivity index (χ2v) is 4.55. The van der Waals surface area contributed by atoms with Gasteiger partial charge in [0.25, 0.3) is 0 Å². The first-order valence-corrected chi connectivity index (χ1v) is 5.81. The average molecular weight is 298 g/mol. The first-order valence-electron chi connectivity index (χ1n) is 5.81. The molecule has 6 heteroatoms. The molecule has 2 rings (SSSR count). The number of carbonyl (C=O) groups is 1. The van der Waals surface area contributed by atoms with Crippen molar-refractivity contribution in [2.45, 2.75) is 6.54 Å². The van der Waals surface area contributed by atoms with Gasteiger partial charge in [0.05, 0.1) is 7.11 Å². The largest absolute Gasteiger partial charge is 0.465 e. The lowest BCUT2D eigenvalue weighted by molar-refractivity contribution is 0.0596. The van der Waals surface area contributed by atoms with Crippen LogP contribution in [-0.2, 0) is 11.3 Å². The summed E-state index contributed by atoms with van der Waals surface area (Å²) in [5.41, 5.74) is 0.763. The number of ether oxygens (including phenoxy) is 1. The monoisotopic (exact) mass is 297 g/mol. The lowest BCUT2D eigenvalue weighted by Crippen LogP contribution is -2.15. The maximum absolute atomic E-state index is 11.6. The third-order valence-electron chi connectivity index (χ3n) is 2.70. The van der Waals surface area contributed by atoms with Gasteiger partial charge in [0.2, 0.25) is 0 Å². The van der Waals surface area contributed by atoms with E-state index in [1.54, 1.807) is 6.07 Å². The van der Waals surface area contributed by atoms with Crippen molar-refractivity contribution >= 4 is 29.3 Å². The fourth-order valence-electron chi connectivity index (χ4n) is 1.89. The minimum atomic E-state index is -0.686. The molecule has 0 aliphatic rings. The number of fused-ring (bicyclic) bond motifs is 1. The van der Waals surface area contributed by atoms with Crippen LogP contribution in [0.3, 0.4) is 0 Å². The summed E-state index contributed by atoms with van der Waals surface area (Å²) in [5, 5.41) is 0.708. The van der Waals surface area contributed by atoms with Crippen molar-refractivity contribution in [3.05, 3.63) is 45.8 Å². The Morgan fingerprint density at radius 1 is 1.30 bits per heavy atom. The quantitative estimate of drug-likeness (QED) is 0.641. The summed E-state index contributed by atoms with van der Waals surface area (Å²) in [6.07, 6.45) is 0. The van der Waals surface area contributed by atoms with Crippen molar-refractivity contribution in [2.75, 3.05) is 21.2 Å². The molecule has 5 nitrogen and oxygen atoms in total. The summed E-state index contributed by atoms with van der Waals surface area (Å²) in [6.45, 7) is 0.766. The van der Waals surface area contributed by atoms with Crippen molar-refractivity contribution in [1.82, 2.24) is 4.90 Å². The predicted octanol–water partition coefficient (Wildman–Crippen LogP) is 2.06. The number of carbonyl (C=O) groups excluding carboxylic acids is 1. The Balaban J connectivity index is 0.00000200. The van der Waals surface area contributed by atoms with Crippen molar-refractivity contribution < 1.29 is 13.9 Å². The molecule has 20 heavy (non-hydrogen) atoms. The standard InChI is InChI=1S/C14H15NO4.ClH/c1-15(2)8-9-4-5-12-10(6-9)7-11(13(16)18-3)14(17)19-12;/h4-7H,8H2,1-3H3;1H. The molecule has 0 atom stereocenters. The molecule has 0 unspecified atom stereocenters. The van der Waals surface area contributed by atoms with Crippen molar-refractivity contribution in [3.63, 3.8) is 0 Å². The third kappa shape index (κ3) is 3.37. The van der Waals surface area contributed by atoms with Crippen molar-refractivity contribution in [1.29, 1.82) is 0 Å². The Morgan fingerprint density at radius 2 is 2.00 bits per heavy atom. The van der Waals surface area contributed by atoms with Gasteiger partial charge in [-0.15, -0.1) is 12.4 Å². The maximum Gasteiger partial charge on any atom is 0.351 e. The van der Waals surface area contributed by atoms with E-state index in [0.717, 1.165) is 12.1 Å². The lowest BCUT2D eigenvalue weighted by atomic mass is 10.1. The van der Waals surface area contributed by atoms with Gasteiger partial charge in [-0.05, 0) is 37.9 Å². The van der Waals surface area contributed by atoms with Crippen LogP contribution < -0.4 is 5.63 Å². The number of benzene rings is 1. The minimum absolute atomic E-state index is 0. The molecular formula is C14H16ClNO4. The van der Waals surface area contributed by atoms with Gasteiger partial charge in [0, 0.05) is 11.9 Å². The van der Waals surface area contributed by atoms with Crippen LogP contribution in [0.5, 0.6) is 0 Å². The van der Waals surface area contributed by atoms with E-state index in [0.29, 0.717) is 11.0 Å². The molecule has 1 heterocycles. The van der Waals surface area contributed by atoms with Crippen LogP contribution >= 0.6 is 12.4 Å². The number of hydrogen-bond acceptors (Lipinski definition) is 5. The van der Waals surface area contributed by atoms with Crippen molar-refractivity contribution in [2.24, 2.45) is 0 Å². The lowest BCUT2D eigenvalue weighted by Gasteiger charge is -2.10. The second-order valence-electron chi connectivity index (χ2n) is 4.55. The number of rotatable bonds is 3. The first-order chi connectivity index (χ1) is 9.01. The fourth-order valence-corrected chi connectivity index (χ4v) is 1.89. The summed E-state index contributed by atoms with van der Waals surface area (Å²) < 4.78 is 9.66. The van der Waals surface area contributed by atoms with Crippen LogP contribution in [-0.4, -0.2) is 32.1 Å². The van der Waals surface area contributed by atoms with E-state index in [1.807, 2.05) is 31.1 Å². The van der Waals surface area contributed by atoms with Crippen LogP contribution in [0.15, 0.2) is 33.5 Å². The molecule has 0 saturated heterocycles. The van der Waals surface area contributed by atoms with Gasteiger partial charge in [0.15, 0.2) is 0 Å². The zero-order valence-corrected chi connectivity index (χ0v) is 12.3. The highest BCUT2D eigenvalue weighted by molar-refractivity contribution is 5.92. The molecular weight excluding hydrogens is 282 g/mol. The molecule has 1 aromatic carbocycles. The van der Waals surface area contributed by atoms with Gasteiger partial charge in [-0.1, -0.05) is 6.07 Å². The fraction of sp³-hybridized carbons (Fsp3) is 0.286. The van der Waals surface area contributed by atoms with Gasteiger partial charge in [-0.2, -0.15) is 0 Å². The molecule has 0 N–H and O–H groups in total. The summed E-state index contributed by atoms with van der Waals surface area (Å²) in [7, 11) is 5.17. The number of nitrogens with zero attached hydrogens (tertiary/aromatic N) is 1. The topological polar surface area (TPSA) is 59.8 Å². The Morgan fingerprint density at radius 3 is 2.60 bits per heavy atom. The highest BCUT2D eigenvalue weighted by atomic mass is 35.5. The summed E-state index contributed by atoms with van der Waals surface area (Å²) in [4.78, 5) is 25.1. The molecule has 0 saturated carbocycles. The van der Waals surface area contributed by atoms with E-state index in [9.17, 15) is 9.59 Å². The van der Waals surface area contributed by atoms with E-state index < -0.39 is 11.6 Å². The highest BCUT2D eigenvalue weighted by Crippen LogP contribution is 2.17. The molecule has 0 spiro atoms. The SMILES string of the molecule is COC(=O)c1cc2cc(CN(C)C)ccc2oc1=O.Cl. The van der Waals surface area contributed by atoms with Crippen LogP contribution in [0.4, 0.5) is 0 Å². The predicted molar refractivity (Wildman–Crippen MR) is 78.5 cm³/mol. The molecule has 1 aromatic heterocycles. The molecule has 0 aliphatic heterocycles. The summed E-state index contributed by atoms with van der Waals surface area (Å²) in [6, 6.07) is 7.02. The van der Waals surface area contributed by atoms with Crippen LogP contribution in [0.2, 0.25) is 0 Å². The van der Waals surface area contributed by atoms with E-state index in [2.05, 4.69) is 4.74 Å². The number of esters is 1. The van der Waals surface area contributed by atoms with E-state index >= 15 is 0 Å². The number of hydrogen-bond donors (Lipinski definition) is 0. The molecule has 0 aliphatic carbocycles. The van der Waals surface area contributed by atoms with Gasteiger partial charge < -0.3 is 14.1 Å². The Hall–Kier alpha value is -1.85. The molecule has 0 radical (unpaired) electrons.